The van der Waals surface area contributed by atoms with Crippen LogP contribution in [0.5, 0.6) is 0 Å². The Morgan fingerprint density at radius 2 is 1.38 bits per heavy atom. The molecule has 0 fully saturated rings. The van der Waals surface area contributed by atoms with E-state index in [2.05, 4.69) is 53.9 Å². The predicted molar refractivity (Wildman–Crippen MR) is 126 cm³/mol. The van der Waals surface area contributed by atoms with E-state index in [1.165, 1.54) is 46.6 Å². The minimum Gasteiger partial charge on any atom is -0.207 e. The number of aryl methyl sites for hydroxylation is 2. The Labute approximate surface area is 175 Å². The third kappa shape index (κ3) is 2.85. The molecule has 6 rings (SSSR count). The molecule has 0 bridgehead atoms. The fourth-order valence-electron chi connectivity index (χ4n) is 4.21. The standard InChI is InChI=1S/C26H17FS2/c27-24-4-2-1-3-16(24)9-10-21-13-20-8-7-19-14-22-18(15-23(19)26(20)29-21)6-5-17-11-12-28-25(17)22/h1-8,11-15H,9-10H2. The van der Waals surface area contributed by atoms with Crippen LogP contribution in [0.1, 0.15) is 10.4 Å². The Hall–Kier alpha value is -2.75. The molecule has 0 spiro atoms. The van der Waals surface area contributed by atoms with Gasteiger partial charge in [-0.3, -0.25) is 0 Å². The molecule has 0 saturated carbocycles. The number of halogens is 1. The molecule has 0 amide bonds. The SMILES string of the molecule is Fc1ccccc1CCc1cc2ccc3cc4c(ccc5ccsc54)cc3c2s1. The zero-order valence-corrected chi connectivity index (χ0v) is 17.2. The van der Waals surface area contributed by atoms with Crippen LogP contribution in [0.2, 0.25) is 0 Å². The maximum absolute atomic E-state index is 13.9. The van der Waals surface area contributed by atoms with Gasteiger partial charge in [0.15, 0.2) is 0 Å². The maximum atomic E-state index is 13.9. The highest BCUT2D eigenvalue weighted by atomic mass is 32.1. The Morgan fingerprint density at radius 3 is 2.21 bits per heavy atom. The smallest absolute Gasteiger partial charge is 0.126 e. The number of fused-ring (bicyclic) bond motifs is 6. The molecule has 3 heteroatoms. The van der Waals surface area contributed by atoms with Crippen LogP contribution in [0.25, 0.3) is 41.7 Å². The molecule has 2 aromatic heterocycles. The van der Waals surface area contributed by atoms with Gasteiger partial charge >= 0.3 is 0 Å². The van der Waals surface area contributed by atoms with E-state index >= 15 is 0 Å². The highest BCUT2D eigenvalue weighted by Gasteiger charge is 2.10. The van der Waals surface area contributed by atoms with Gasteiger partial charge in [-0.25, -0.2) is 4.39 Å². The summed E-state index contributed by atoms with van der Waals surface area (Å²) in [5.74, 6) is -0.106. The van der Waals surface area contributed by atoms with Crippen LogP contribution < -0.4 is 0 Å². The van der Waals surface area contributed by atoms with Gasteiger partial charge < -0.3 is 0 Å². The lowest BCUT2D eigenvalue weighted by atomic mass is 10.0. The first kappa shape index (κ1) is 17.1. The second-order valence-corrected chi connectivity index (χ2v) is 9.54. The molecule has 4 aromatic carbocycles. The zero-order chi connectivity index (χ0) is 19.4. The van der Waals surface area contributed by atoms with Crippen molar-refractivity contribution in [3.8, 4) is 0 Å². The second-order valence-electron chi connectivity index (χ2n) is 7.49. The van der Waals surface area contributed by atoms with Crippen LogP contribution in [0.15, 0.2) is 78.2 Å². The van der Waals surface area contributed by atoms with Gasteiger partial charge in [0, 0.05) is 25.0 Å². The third-order valence-corrected chi connectivity index (χ3v) is 7.91. The highest BCUT2D eigenvalue weighted by molar-refractivity contribution is 7.20. The van der Waals surface area contributed by atoms with Crippen molar-refractivity contribution < 1.29 is 4.39 Å². The molecule has 2 heterocycles. The van der Waals surface area contributed by atoms with Gasteiger partial charge in [0.05, 0.1) is 0 Å². The van der Waals surface area contributed by atoms with Crippen LogP contribution in [0, 0.1) is 5.82 Å². The fourth-order valence-corrected chi connectivity index (χ4v) is 6.32. The molecule has 6 aromatic rings. The molecule has 0 aliphatic rings. The van der Waals surface area contributed by atoms with Crippen molar-refractivity contribution >= 4 is 64.4 Å². The van der Waals surface area contributed by atoms with E-state index in [9.17, 15) is 4.39 Å². The lowest BCUT2D eigenvalue weighted by Gasteiger charge is -2.05. The molecule has 0 saturated heterocycles. The highest BCUT2D eigenvalue weighted by Crippen LogP contribution is 2.38. The molecule has 0 aliphatic heterocycles. The van der Waals surface area contributed by atoms with E-state index in [1.807, 2.05) is 34.8 Å². The van der Waals surface area contributed by atoms with Crippen molar-refractivity contribution in [1.29, 1.82) is 0 Å². The van der Waals surface area contributed by atoms with Crippen LogP contribution in [0.4, 0.5) is 4.39 Å². The van der Waals surface area contributed by atoms with Crippen molar-refractivity contribution in [2.75, 3.05) is 0 Å². The van der Waals surface area contributed by atoms with E-state index in [0.29, 0.717) is 0 Å². The van der Waals surface area contributed by atoms with Crippen LogP contribution >= 0.6 is 22.7 Å². The summed E-state index contributed by atoms with van der Waals surface area (Å²) in [6.45, 7) is 0. The van der Waals surface area contributed by atoms with Crippen molar-refractivity contribution in [3.63, 3.8) is 0 Å². The van der Waals surface area contributed by atoms with Crippen LogP contribution in [-0.4, -0.2) is 0 Å². The first-order chi connectivity index (χ1) is 14.3. The van der Waals surface area contributed by atoms with E-state index in [4.69, 9.17) is 0 Å². The topological polar surface area (TPSA) is 0 Å². The molecule has 140 valence electrons. The van der Waals surface area contributed by atoms with Crippen molar-refractivity contribution in [2.24, 2.45) is 0 Å². The summed E-state index contributed by atoms with van der Waals surface area (Å²) in [7, 11) is 0. The Balaban J connectivity index is 1.46. The quantitative estimate of drug-likeness (QED) is 0.256. The second kappa shape index (κ2) is 6.65. The Morgan fingerprint density at radius 1 is 0.655 bits per heavy atom. The molecular formula is C26H17FS2. The largest absolute Gasteiger partial charge is 0.207 e. The van der Waals surface area contributed by atoms with E-state index in [-0.39, 0.29) is 5.82 Å². The lowest BCUT2D eigenvalue weighted by molar-refractivity contribution is 0.609. The molecule has 0 nitrogen and oxygen atoms in total. The summed E-state index contributed by atoms with van der Waals surface area (Å²) >= 11 is 3.66. The zero-order valence-electron chi connectivity index (χ0n) is 15.6. The minimum atomic E-state index is -0.106. The monoisotopic (exact) mass is 412 g/mol. The van der Waals surface area contributed by atoms with Gasteiger partial charge in [-0.1, -0.05) is 42.5 Å². The summed E-state index contributed by atoms with van der Waals surface area (Å²) in [6, 6.07) is 25.1. The van der Waals surface area contributed by atoms with Gasteiger partial charge in [-0.15, -0.1) is 22.7 Å². The van der Waals surface area contributed by atoms with Gasteiger partial charge in [0.1, 0.15) is 5.82 Å². The summed E-state index contributed by atoms with van der Waals surface area (Å²) in [5.41, 5.74) is 0.792. The number of benzene rings is 4. The summed E-state index contributed by atoms with van der Waals surface area (Å²) in [6.07, 6.45) is 1.60. The summed E-state index contributed by atoms with van der Waals surface area (Å²) < 4.78 is 16.6. The molecule has 0 N–H and O–H groups in total. The number of thiophene rings is 2. The van der Waals surface area contributed by atoms with E-state index < -0.39 is 0 Å². The normalized spacial score (nSPS) is 11.9. The number of rotatable bonds is 3. The average molecular weight is 413 g/mol. The lowest BCUT2D eigenvalue weighted by Crippen LogP contribution is -1.92. The minimum absolute atomic E-state index is 0.106. The molecule has 0 unspecified atom stereocenters. The van der Waals surface area contributed by atoms with Crippen molar-refractivity contribution in [1.82, 2.24) is 0 Å². The Kier molecular flexibility index (Phi) is 3.93. The Bertz CT molecular complexity index is 1520. The van der Waals surface area contributed by atoms with Crippen molar-refractivity contribution in [3.05, 3.63) is 94.4 Å². The van der Waals surface area contributed by atoms with Gasteiger partial charge in [0.2, 0.25) is 0 Å². The predicted octanol–water partition coefficient (Wildman–Crippen LogP) is 8.35. The summed E-state index contributed by atoms with van der Waals surface area (Å²) in [5, 5.41) is 9.99. The third-order valence-electron chi connectivity index (χ3n) is 5.70. The van der Waals surface area contributed by atoms with Crippen LogP contribution in [0.3, 0.4) is 0 Å². The maximum Gasteiger partial charge on any atom is 0.126 e. The van der Waals surface area contributed by atoms with Crippen LogP contribution in [-0.2, 0) is 12.8 Å². The molecule has 0 radical (unpaired) electrons. The average Bonchev–Trinajstić information content (AvgIpc) is 3.38. The number of hydrogen-bond acceptors (Lipinski definition) is 2. The fraction of sp³-hybridized carbons (Fsp3) is 0.0769. The summed E-state index contributed by atoms with van der Waals surface area (Å²) in [4.78, 5) is 1.31. The molecule has 0 atom stereocenters. The van der Waals surface area contributed by atoms with Gasteiger partial charge in [0.25, 0.3) is 0 Å². The van der Waals surface area contributed by atoms with Gasteiger partial charge in [-0.05, 0) is 75.7 Å². The molecule has 0 aliphatic carbocycles. The first-order valence-corrected chi connectivity index (χ1v) is 11.4. The van der Waals surface area contributed by atoms with Gasteiger partial charge in [-0.2, -0.15) is 0 Å². The molecular weight excluding hydrogens is 395 g/mol. The van der Waals surface area contributed by atoms with E-state index in [1.54, 1.807) is 12.1 Å². The number of hydrogen-bond donors (Lipinski definition) is 0. The van der Waals surface area contributed by atoms with E-state index in [0.717, 1.165) is 18.4 Å². The first-order valence-electron chi connectivity index (χ1n) is 9.75. The molecule has 29 heavy (non-hydrogen) atoms. The van der Waals surface area contributed by atoms with Crippen molar-refractivity contribution in [2.45, 2.75) is 12.8 Å².